The van der Waals surface area contributed by atoms with E-state index in [0.29, 0.717) is 16.5 Å². The van der Waals surface area contributed by atoms with Gasteiger partial charge in [0.05, 0.1) is 0 Å². The zero-order chi connectivity index (χ0) is 12.8. The highest BCUT2D eigenvalue weighted by Gasteiger charge is 2.18. The van der Waals surface area contributed by atoms with Gasteiger partial charge in [-0.1, -0.05) is 38.3 Å². The highest BCUT2D eigenvalue weighted by atomic mass is 35.5. The van der Waals surface area contributed by atoms with Gasteiger partial charge in [-0.25, -0.2) is 4.39 Å². The Morgan fingerprint density at radius 3 is 2.47 bits per heavy atom. The van der Waals surface area contributed by atoms with Crippen LogP contribution in [0.3, 0.4) is 0 Å². The number of halogens is 2. The van der Waals surface area contributed by atoms with E-state index >= 15 is 0 Å². The Morgan fingerprint density at radius 1 is 1.29 bits per heavy atom. The molecule has 1 nitrogen and oxygen atoms in total. The first-order valence-corrected chi connectivity index (χ1v) is 6.62. The lowest BCUT2D eigenvalue weighted by atomic mass is 9.91. The second kappa shape index (κ2) is 6.97. The summed E-state index contributed by atoms with van der Waals surface area (Å²) in [5, 5.41) is 3.78. The number of rotatable bonds is 6. The van der Waals surface area contributed by atoms with Crippen molar-refractivity contribution < 1.29 is 4.39 Å². The van der Waals surface area contributed by atoms with E-state index in [1.54, 1.807) is 12.1 Å². The van der Waals surface area contributed by atoms with Crippen molar-refractivity contribution >= 4 is 11.6 Å². The van der Waals surface area contributed by atoms with Gasteiger partial charge in [0, 0.05) is 16.6 Å². The molecule has 1 atom stereocenters. The van der Waals surface area contributed by atoms with E-state index in [4.69, 9.17) is 11.6 Å². The van der Waals surface area contributed by atoms with E-state index in [9.17, 15) is 4.39 Å². The summed E-state index contributed by atoms with van der Waals surface area (Å²) in [5.74, 6) is 0.436. The van der Waals surface area contributed by atoms with Crippen LogP contribution in [-0.2, 0) is 0 Å². The van der Waals surface area contributed by atoms with Gasteiger partial charge >= 0.3 is 0 Å². The molecule has 0 fully saturated rings. The van der Waals surface area contributed by atoms with Crippen molar-refractivity contribution in [3.63, 3.8) is 0 Å². The standard InChI is InChI=1S/C14H21ClFN/c1-4-10(5-2)8-14(17-3)12-9-11(15)6-7-13(12)16/h6-7,9-10,14,17H,4-5,8H2,1-3H3. The Morgan fingerprint density at radius 2 is 1.94 bits per heavy atom. The number of hydrogen-bond donors (Lipinski definition) is 1. The van der Waals surface area contributed by atoms with Crippen molar-refractivity contribution in [1.29, 1.82) is 0 Å². The molecule has 1 N–H and O–H groups in total. The first kappa shape index (κ1) is 14.5. The number of nitrogens with one attached hydrogen (secondary N) is 1. The smallest absolute Gasteiger partial charge is 0.128 e. The molecule has 0 saturated heterocycles. The van der Waals surface area contributed by atoms with Gasteiger partial charge in [-0.15, -0.1) is 0 Å². The van der Waals surface area contributed by atoms with Crippen molar-refractivity contribution in [1.82, 2.24) is 5.32 Å². The monoisotopic (exact) mass is 257 g/mol. The first-order chi connectivity index (χ1) is 8.12. The van der Waals surface area contributed by atoms with Crippen molar-refractivity contribution in [3.8, 4) is 0 Å². The van der Waals surface area contributed by atoms with Crippen molar-refractivity contribution in [2.24, 2.45) is 5.92 Å². The molecule has 0 bridgehead atoms. The van der Waals surface area contributed by atoms with Gasteiger partial charge in [0.2, 0.25) is 0 Å². The van der Waals surface area contributed by atoms with Crippen molar-refractivity contribution in [2.45, 2.75) is 39.2 Å². The summed E-state index contributed by atoms with van der Waals surface area (Å²) in [6.45, 7) is 4.35. The molecular formula is C14H21ClFN. The Bertz CT molecular complexity index is 350. The summed E-state index contributed by atoms with van der Waals surface area (Å²) in [6.07, 6.45) is 3.19. The lowest BCUT2D eigenvalue weighted by Gasteiger charge is -2.22. The largest absolute Gasteiger partial charge is 0.313 e. The summed E-state index contributed by atoms with van der Waals surface area (Å²) in [7, 11) is 1.87. The van der Waals surface area contributed by atoms with Crippen molar-refractivity contribution in [3.05, 3.63) is 34.6 Å². The minimum absolute atomic E-state index is 0.0404. The van der Waals surface area contributed by atoms with Gasteiger partial charge in [-0.2, -0.15) is 0 Å². The third-order valence-corrected chi connectivity index (χ3v) is 3.64. The van der Waals surface area contributed by atoms with Crippen LogP contribution in [0.4, 0.5) is 4.39 Å². The van der Waals surface area contributed by atoms with Crippen LogP contribution in [0.2, 0.25) is 5.02 Å². The molecule has 96 valence electrons. The molecule has 1 aromatic rings. The number of hydrogen-bond acceptors (Lipinski definition) is 1. The SMILES string of the molecule is CCC(CC)CC(NC)c1cc(Cl)ccc1F. The van der Waals surface area contributed by atoms with Gasteiger partial charge in [-0.05, 0) is 37.6 Å². The molecule has 1 rings (SSSR count). The zero-order valence-corrected chi connectivity index (χ0v) is 11.5. The van der Waals surface area contributed by atoms with Crippen LogP contribution in [0.25, 0.3) is 0 Å². The van der Waals surface area contributed by atoms with E-state index in [-0.39, 0.29) is 11.9 Å². The zero-order valence-electron chi connectivity index (χ0n) is 10.8. The third-order valence-electron chi connectivity index (χ3n) is 3.41. The fraction of sp³-hybridized carbons (Fsp3) is 0.571. The molecule has 0 radical (unpaired) electrons. The molecule has 3 heteroatoms. The Hall–Kier alpha value is -0.600. The van der Waals surface area contributed by atoms with Gasteiger partial charge in [-0.3, -0.25) is 0 Å². The van der Waals surface area contributed by atoms with Crippen LogP contribution in [0.15, 0.2) is 18.2 Å². The van der Waals surface area contributed by atoms with Crippen LogP contribution < -0.4 is 5.32 Å². The Kier molecular flexibility index (Phi) is 5.93. The highest BCUT2D eigenvalue weighted by molar-refractivity contribution is 6.30. The maximum absolute atomic E-state index is 13.8. The topological polar surface area (TPSA) is 12.0 Å². The van der Waals surface area contributed by atoms with Gasteiger partial charge < -0.3 is 5.32 Å². The Labute approximate surface area is 108 Å². The maximum atomic E-state index is 13.8. The predicted octanol–water partition coefficient (Wildman–Crippen LogP) is 4.57. The normalized spacial score (nSPS) is 13.1. The molecule has 0 aromatic heterocycles. The minimum atomic E-state index is -0.181. The first-order valence-electron chi connectivity index (χ1n) is 6.24. The number of benzene rings is 1. The van der Waals surface area contributed by atoms with Crippen LogP contribution in [0.1, 0.15) is 44.7 Å². The molecule has 0 spiro atoms. The van der Waals surface area contributed by atoms with Crippen LogP contribution >= 0.6 is 11.6 Å². The molecule has 0 amide bonds. The van der Waals surface area contributed by atoms with Gasteiger partial charge in [0.1, 0.15) is 5.82 Å². The molecule has 0 aliphatic carbocycles. The van der Waals surface area contributed by atoms with Gasteiger partial charge in [0.25, 0.3) is 0 Å². The maximum Gasteiger partial charge on any atom is 0.128 e. The van der Waals surface area contributed by atoms with E-state index in [2.05, 4.69) is 19.2 Å². The summed E-state index contributed by atoms with van der Waals surface area (Å²) < 4.78 is 13.8. The average molecular weight is 258 g/mol. The fourth-order valence-electron chi connectivity index (χ4n) is 2.14. The summed E-state index contributed by atoms with van der Waals surface area (Å²) in [5.41, 5.74) is 0.673. The third kappa shape index (κ3) is 3.97. The van der Waals surface area contributed by atoms with E-state index in [0.717, 1.165) is 19.3 Å². The quantitative estimate of drug-likeness (QED) is 0.787. The molecule has 0 aliphatic heterocycles. The minimum Gasteiger partial charge on any atom is -0.313 e. The molecule has 1 unspecified atom stereocenters. The summed E-state index contributed by atoms with van der Waals surface area (Å²) in [6, 6.07) is 4.79. The van der Waals surface area contributed by atoms with Crippen LogP contribution in [0.5, 0.6) is 0 Å². The second-order valence-electron chi connectivity index (χ2n) is 4.43. The Balaban J connectivity index is 2.89. The lowest BCUT2D eigenvalue weighted by molar-refractivity contribution is 0.378. The molecule has 0 heterocycles. The molecule has 17 heavy (non-hydrogen) atoms. The van der Waals surface area contributed by atoms with Crippen molar-refractivity contribution in [2.75, 3.05) is 7.05 Å². The van der Waals surface area contributed by atoms with E-state index in [1.165, 1.54) is 6.07 Å². The average Bonchev–Trinajstić information content (AvgIpc) is 2.34. The molecule has 0 saturated carbocycles. The second-order valence-corrected chi connectivity index (χ2v) is 4.86. The molecule has 0 aliphatic rings. The lowest BCUT2D eigenvalue weighted by Crippen LogP contribution is -2.20. The van der Waals surface area contributed by atoms with E-state index in [1.807, 2.05) is 7.05 Å². The highest BCUT2D eigenvalue weighted by Crippen LogP contribution is 2.28. The predicted molar refractivity (Wildman–Crippen MR) is 71.9 cm³/mol. The van der Waals surface area contributed by atoms with Crippen LogP contribution in [-0.4, -0.2) is 7.05 Å². The molecular weight excluding hydrogens is 237 g/mol. The fourth-order valence-corrected chi connectivity index (χ4v) is 2.32. The summed E-state index contributed by atoms with van der Waals surface area (Å²) in [4.78, 5) is 0. The van der Waals surface area contributed by atoms with Crippen LogP contribution in [0, 0.1) is 11.7 Å². The van der Waals surface area contributed by atoms with E-state index < -0.39 is 0 Å². The molecule has 1 aromatic carbocycles. The van der Waals surface area contributed by atoms with Gasteiger partial charge in [0.15, 0.2) is 0 Å². The summed E-state index contributed by atoms with van der Waals surface area (Å²) >= 11 is 5.93.